The third-order valence-electron chi connectivity index (χ3n) is 5.38. The summed E-state index contributed by atoms with van der Waals surface area (Å²) in [6, 6.07) is 17.8. The number of likely N-dealkylation sites (tertiary alicyclic amines) is 1. The molecule has 1 N–H and O–H groups in total. The lowest BCUT2D eigenvalue weighted by molar-refractivity contribution is -0.132. The standard InChI is InChI=1S/C25H25FN2O4/c26-19-8-10-20(11-9-19)31-17-21-12-13-23(32-21)24(29)27-22(16-18-6-2-1-3-7-18)25(30)28-14-4-5-15-28/h1-3,6-13,22H,4-5,14-17H2,(H,27,29). The molecule has 7 heteroatoms. The molecular weight excluding hydrogens is 411 g/mol. The van der Waals surface area contributed by atoms with Gasteiger partial charge in [0.1, 0.15) is 30.0 Å². The molecule has 2 heterocycles. The summed E-state index contributed by atoms with van der Waals surface area (Å²) in [6.07, 6.45) is 2.36. The van der Waals surface area contributed by atoms with Gasteiger partial charge in [-0.1, -0.05) is 30.3 Å². The maximum Gasteiger partial charge on any atom is 0.287 e. The molecule has 1 aromatic heterocycles. The molecule has 2 aromatic carbocycles. The highest BCUT2D eigenvalue weighted by atomic mass is 19.1. The van der Waals surface area contributed by atoms with Gasteiger partial charge >= 0.3 is 0 Å². The second kappa shape index (κ2) is 10.1. The van der Waals surface area contributed by atoms with Crippen LogP contribution in [0.1, 0.15) is 34.7 Å². The summed E-state index contributed by atoms with van der Waals surface area (Å²) in [7, 11) is 0. The minimum atomic E-state index is -0.674. The molecule has 0 aliphatic carbocycles. The average molecular weight is 436 g/mol. The van der Waals surface area contributed by atoms with Crippen LogP contribution in [0, 0.1) is 5.82 Å². The normalized spacial score (nSPS) is 14.2. The largest absolute Gasteiger partial charge is 0.486 e. The van der Waals surface area contributed by atoms with Gasteiger partial charge in [0.25, 0.3) is 5.91 Å². The van der Waals surface area contributed by atoms with E-state index in [-0.39, 0.29) is 24.1 Å². The second-order valence-corrected chi connectivity index (χ2v) is 7.76. The van der Waals surface area contributed by atoms with E-state index < -0.39 is 11.9 Å². The molecule has 166 valence electrons. The van der Waals surface area contributed by atoms with Crippen molar-refractivity contribution >= 4 is 11.8 Å². The van der Waals surface area contributed by atoms with Crippen LogP contribution in [0.4, 0.5) is 4.39 Å². The molecule has 6 nitrogen and oxygen atoms in total. The Morgan fingerprint density at radius 3 is 2.44 bits per heavy atom. The van der Waals surface area contributed by atoms with E-state index in [0.717, 1.165) is 18.4 Å². The van der Waals surface area contributed by atoms with Crippen LogP contribution in [0.3, 0.4) is 0 Å². The zero-order valence-electron chi connectivity index (χ0n) is 17.6. The first-order chi connectivity index (χ1) is 15.6. The van der Waals surface area contributed by atoms with Crippen molar-refractivity contribution in [3.8, 4) is 5.75 Å². The lowest BCUT2D eigenvalue weighted by Crippen LogP contribution is -2.48. The fourth-order valence-corrected chi connectivity index (χ4v) is 3.70. The molecule has 3 aromatic rings. The zero-order chi connectivity index (χ0) is 22.3. The molecule has 2 amide bonds. The molecule has 1 atom stereocenters. The van der Waals surface area contributed by atoms with Crippen LogP contribution >= 0.6 is 0 Å². The van der Waals surface area contributed by atoms with Crippen molar-refractivity contribution in [2.45, 2.75) is 31.9 Å². The van der Waals surface area contributed by atoms with Crippen LogP contribution in [0.25, 0.3) is 0 Å². The Morgan fingerprint density at radius 1 is 1.00 bits per heavy atom. The Kier molecular flexibility index (Phi) is 6.84. The molecule has 1 fully saturated rings. The summed E-state index contributed by atoms with van der Waals surface area (Å²) in [5.41, 5.74) is 0.971. The predicted octanol–water partition coefficient (Wildman–Crippen LogP) is 3.96. The van der Waals surface area contributed by atoms with Crippen molar-refractivity contribution in [2.75, 3.05) is 13.1 Å². The maximum absolute atomic E-state index is 13.0. The van der Waals surface area contributed by atoms with Crippen LogP contribution in [-0.2, 0) is 17.8 Å². The van der Waals surface area contributed by atoms with Gasteiger partial charge in [-0.25, -0.2) is 4.39 Å². The number of nitrogens with one attached hydrogen (secondary N) is 1. The number of halogens is 1. The van der Waals surface area contributed by atoms with Crippen LogP contribution in [-0.4, -0.2) is 35.8 Å². The van der Waals surface area contributed by atoms with Crippen LogP contribution in [0.5, 0.6) is 5.75 Å². The first kappa shape index (κ1) is 21.6. The Balaban J connectivity index is 1.40. The number of nitrogens with zero attached hydrogens (tertiary/aromatic N) is 1. The minimum Gasteiger partial charge on any atom is -0.486 e. The molecule has 0 radical (unpaired) electrons. The molecule has 0 spiro atoms. The van der Waals surface area contributed by atoms with E-state index in [1.54, 1.807) is 17.0 Å². The number of furan rings is 1. The molecule has 32 heavy (non-hydrogen) atoms. The van der Waals surface area contributed by atoms with E-state index in [2.05, 4.69) is 5.32 Å². The monoisotopic (exact) mass is 436 g/mol. The Bertz CT molecular complexity index is 1040. The van der Waals surface area contributed by atoms with Gasteiger partial charge in [0.2, 0.25) is 5.91 Å². The third-order valence-corrected chi connectivity index (χ3v) is 5.38. The quantitative estimate of drug-likeness (QED) is 0.580. The number of carbonyl (C=O) groups is 2. The number of benzene rings is 2. The second-order valence-electron chi connectivity index (χ2n) is 7.76. The first-order valence-corrected chi connectivity index (χ1v) is 10.7. The lowest BCUT2D eigenvalue weighted by Gasteiger charge is -2.24. The van der Waals surface area contributed by atoms with Crippen molar-refractivity contribution in [1.82, 2.24) is 10.2 Å². The Hall–Kier alpha value is -3.61. The van der Waals surface area contributed by atoms with Crippen molar-refractivity contribution in [2.24, 2.45) is 0 Å². The van der Waals surface area contributed by atoms with Gasteiger partial charge in [-0.15, -0.1) is 0 Å². The van der Waals surface area contributed by atoms with Crippen LogP contribution < -0.4 is 10.1 Å². The number of carbonyl (C=O) groups excluding carboxylic acids is 2. The van der Waals surface area contributed by atoms with Crippen molar-refractivity contribution < 1.29 is 23.1 Å². The third kappa shape index (κ3) is 5.55. The molecule has 4 rings (SSSR count). The highest BCUT2D eigenvalue weighted by Gasteiger charge is 2.29. The molecule has 1 aliphatic heterocycles. The first-order valence-electron chi connectivity index (χ1n) is 10.7. The molecule has 0 saturated carbocycles. The summed E-state index contributed by atoms with van der Waals surface area (Å²) >= 11 is 0. The molecule has 1 saturated heterocycles. The van der Waals surface area contributed by atoms with Crippen molar-refractivity contribution in [3.05, 3.63) is 89.6 Å². The van der Waals surface area contributed by atoms with Gasteiger partial charge in [0, 0.05) is 19.5 Å². The number of amides is 2. The van der Waals surface area contributed by atoms with Gasteiger partial charge in [-0.05, 0) is 54.8 Å². The van der Waals surface area contributed by atoms with E-state index in [1.165, 1.54) is 24.3 Å². The Labute approximate surface area is 186 Å². The lowest BCUT2D eigenvalue weighted by atomic mass is 10.0. The van der Waals surface area contributed by atoms with E-state index in [9.17, 15) is 14.0 Å². The molecule has 1 unspecified atom stereocenters. The van der Waals surface area contributed by atoms with Crippen LogP contribution in [0.2, 0.25) is 0 Å². The highest BCUT2D eigenvalue weighted by Crippen LogP contribution is 2.16. The smallest absolute Gasteiger partial charge is 0.287 e. The predicted molar refractivity (Wildman–Crippen MR) is 117 cm³/mol. The Morgan fingerprint density at radius 2 is 1.72 bits per heavy atom. The fraction of sp³-hybridized carbons (Fsp3) is 0.280. The summed E-state index contributed by atoms with van der Waals surface area (Å²) in [6.45, 7) is 1.52. The van der Waals surface area contributed by atoms with E-state index in [1.807, 2.05) is 30.3 Å². The fourth-order valence-electron chi connectivity index (χ4n) is 3.70. The molecule has 0 bridgehead atoms. The van der Waals surface area contributed by atoms with Crippen molar-refractivity contribution in [3.63, 3.8) is 0 Å². The van der Waals surface area contributed by atoms with Crippen LogP contribution in [0.15, 0.2) is 71.1 Å². The van der Waals surface area contributed by atoms with Gasteiger partial charge in [-0.3, -0.25) is 9.59 Å². The SMILES string of the molecule is O=C(NC(Cc1ccccc1)C(=O)N1CCCC1)c1ccc(COc2ccc(F)cc2)o1. The minimum absolute atomic E-state index is 0.0777. The van der Waals surface area contributed by atoms with E-state index >= 15 is 0 Å². The number of rotatable bonds is 8. The highest BCUT2D eigenvalue weighted by molar-refractivity contribution is 5.95. The average Bonchev–Trinajstić information content (AvgIpc) is 3.51. The number of ether oxygens (including phenoxy) is 1. The summed E-state index contributed by atoms with van der Waals surface area (Å²) in [5, 5.41) is 2.85. The number of hydrogen-bond donors (Lipinski definition) is 1. The van der Waals surface area contributed by atoms with Gasteiger partial charge in [-0.2, -0.15) is 0 Å². The number of hydrogen-bond acceptors (Lipinski definition) is 4. The maximum atomic E-state index is 13.0. The summed E-state index contributed by atoms with van der Waals surface area (Å²) in [5.74, 6) is 0.174. The summed E-state index contributed by atoms with van der Waals surface area (Å²) < 4.78 is 24.2. The summed E-state index contributed by atoms with van der Waals surface area (Å²) in [4.78, 5) is 27.7. The van der Waals surface area contributed by atoms with E-state index in [4.69, 9.17) is 9.15 Å². The molecule has 1 aliphatic rings. The van der Waals surface area contributed by atoms with Crippen molar-refractivity contribution in [1.29, 1.82) is 0 Å². The zero-order valence-corrected chi connectivity index (χ0v) is 17.6. The van der Waals surface area contributed by atoms with Gasteiger partial charge in [0.15, 0.2) is 5.76 Å². The van der Waals surface area contributed by atoms with Gasteiger partial charge < -0.3 is 19.4 Å². The topological polar surface area (TPSA) is 71.8 Å². The van der Waals surface area contributed by atoms with E-state index in [0.29, 0.717) is 31.0 Å². The molecular formula is C25H25FN2O4. The van der Waals surface area contributed by atoms with Gasteiger partial charge in [0.05, 0.1) is 0 Å².